The zero-order valence-electron chi connectivity index (χ0n) is 26.5. The van der Waals surface area contributed by atoms with Crippen molar-refractivity contribution in [3.8, 4) is 0 Å². The molecular formula is C27H59N3O12Se2. The first-order valence-electron chi connectivity index (χ1n) is 15.0. The molecule has 2 aliphatic heterocycles. The standard InChI is InChI=1S/C12H25NO6Se.C9H21NOSe.C6H13NO5/c1-3-4-12(2,6-20)19-13-8-10(16)9(15)7(5-14)18-11(8)17;1-4-10(5-2)7-6-9(3,11)8-12;7-3-5(10)4(9)2(1-8)12-6(3)11/h7-11,13-17,20H,3-6H2,1-2H3;11-12H,4-8H2,1-3H3;2-6,8-11H,1,7H2/t7?,8?,9?,10?,11-,12?;;2?,3?,4?,5?,6-/m0.0/s1. The van der Waals surface area contributed by atoms with E-state index in [4.69, 9.17) is 35.4 Å². The van der Waals surface area contributed by atoms with Gasteiger partial charge >= 0.3 is 210 Å². The normalized spacial score (nSPS) is 35.0. The maximum absolute atomic E-state index is 9.96. The van der Waals surface area contributed by atoms with E-state index >= 15 is 0 Å². The van der Waals surface area contributed by atoms with Crippen LogP contribution in [0.1, 0.15) is 53.9 Å². The van der Waals surface area contributed by atoms with E-state index < -0.39 is 85.7 Å². The predicted molar refractivity (Wildman–Crippen MR) is 166 cm³/mol. The van der Waals surface area contributed by atoms with Gasteiger partial charge in [-0.2, -0.15) is 0 Å². The Hall–Kier alpha value is 0.439. The van der Waals surface area contributed by atoms with Crippen LogP contribution >= 0.6 is 0 Å². The molecule has 0 aliphatic carbocycles. The van der Waals surface area contributed by atoms with Gasteiger partial charge in [0.05, 0.1) is 12.6 Å². The van der Waals surface area contributed by atoms with Gasteiger partial charge in [0.25, 0.3) is 0 Å². The number of ether oxygens (including phenoxy) is 2. The van der Waals surface area contributed by atoms with E-state index in [1.165, 1.54) is 0 Å². The summed E-state index contributed by atoms with van der Waals surface area (Å²) >= 11 is 4.89. The van der Waals surface area contributed by atoms with Crippen LogP contribution in [0.25, 0.3) is 0 Å². The quantitative estimate of drug-likeness (QED) is 0.0591. The van der Waals surface area contributed by atoms with E-state index in [2.05, 4.69) is 56.3 Å². The van der Waals surface area contributed by atoms with Gasteiger partial charge < -0.3 is 30.9 Å². The van der Waals surface area contributed by atoms with E-state index in [1.54, 1.807) is 0 Å². The van der Waals surface area contributed by atoms with Crippen LogP contribution in [0.4, 0.5) is 0 Å². The average molecular weight is 776 g/mol. The molecule has 266 valence electrons. The molecule has 12 N–H and O–H groups in total. The van der Waals surface area contributed by atoms with E-state index in [1.807, 2.05) is 20.8 Å². The van der Waals surface area contributed by atoms with Crippen molar-refractivity contribution < 1.29 is 60.3 Å². The number of nitrogens with two attached hydrogens (primary N) is 1. The Labute approximate surface area is 277 Å². The number of aliphatic hydroxyl groups is 9. The fourth-order valence-electron chi connectivity index (χ4n) is 4.26. The van der Waals surface area contributed by atoms with Crippen LogP contribution in [0.3, 0.4) is 0 Å². The van der Waals surface area contributed by atoms with Crippen LogP contribution in [0.15, 0.2) is 0 Å². The molecule has 44 heavy (non-hydrogen) atoms. The Balaban J connectivity index is 0.000000667. The molecule has 0 amide bonds. The fraction of sp³-hybridized carbons (Fsp3) is 1.00. The second-order valence-electron chi connectivity index (χ2n) is 11.6. The number of hydrogen-bond donors (Lipinski definition) is 11. The van der Waals surface area contributed by atoms with Crippen molar-refractivity contribution in [2.24, 2.45) is 5.73 Å². The van der Waals surface area contributed by atoms with Gasteiger partial charge in [0.2, 0.25) is 0 Å². The monoisotopic (exact) mass is 777 g/mol. The van der Waals surface area contributed by atoms with Crippen LogP contribution < -0.4 is 11.2 Å². The second-order valence-corrected chi connectivity index (χ2v) is 12.9. The van der Waals surface area contributed by atoms with Crippen LogP contribution in [0.5, 0.6) is 0 Å². The molecule has 0 aromatic carbocycles. The Morgan fingerprint density at radius 1 is 0.795 bits per heavy atom. The number of hydroxylamine groups is 1. The van der Waals surface area contributed by atoms with Gasteiger partial charge in [0.1, 0.15) is 18.3 Å². The van der Waals surface area contributed by atoms with Gasteiger partial charge in [-0.15, -0.1) is 0 Å². The van der Waals surface area contributed by atoms with Crippen molar-refractivity contribution >= 4 is 32.0 Å². The molecule has 17 heteroatoms. The molecule has 0 bridgehead atoms. The van der Waals surface area contributed by atoms with Crippen molar-refractivity contribution in [1.29, 1.82) is 0 Å². The molecule has 0 aromatic rings. The summed E-state index contributed by atoms with van der Waals surface area (Å²) in [4.78, 5) is 7.91. The van der Waals surface area contributed by atoms with Gasteiger partial charge in [0.15, 0.2) is 6.29 Å². The molecule has 2 saturated heterocycles. The SMILES string of the molecule is CCCC(C)(C[SeH])ONC1C(O)C(O)C(CO)O[C@@H]1O.CCN(CC)CCC(C)(O)C[SeH].NC1C(O)C(O)C(CO)O[C@@H]1O. The van der Waals surface area contributed by atoms with Gasteiger partial charge in [-0.25, -0.2) is 0 Å². The first-order valence-corrected chi connectivity index (χ1v) is 17.6. The van der Waals surface area contributed by atoms with Gasteiger partial charge in [-0.3, -0.25) is 0 Å². The van der Waals surface area contributed by atoms with Crippen LogP contribution in [0, 0.1) is 0 Å². The Kier molecular flexibility index (Phi) is 22.4. The Morgan fingerprint density at radius 2 is 1.30 bits per heavy atom. The van der Waals surface area contributed by atoms with Gasteiger partial charge in [0, 0.05) is 0 Å². The Morgan fingerprint density at radius 3 is 1.73 bits per heavy atom. The summed E-state index contributed by atoms with van der Waals surface area (Å²) in [6.45, 7) is 12.3. The summed E-state index contributed by atoms with van der Waals surface area (Å²) in [7, 11) is 0. The van der Waals surface area contributed by atoms with Crippen LogP contribution in [0.2, 0.25) is 10.6 Å². The smallest absolute Gasteiger partial charge is 0.173 e. The molecule has 10 unspecified atom stereocenters. The summed E-state index contributed by atoms with van der Waals surface area (Å²) in [5.74, 6) is 0. The second kappa shape index (κ2) is 22.1. The zero-order valence-corrected chi connectivity index (χ0v) is 30.3. The summed E-state index contributed by atoms with van der Waals surface area (Å²) in [6, 6.07) is -2.02. The van der Waals surface area contributed by atoms with E-state index in [-0.39, 0.29) is 0 Å². The largest absolute Gasteiger partial charge is 0.394 e. The number of hydrogen-bond acceptors (Lipinski definition) is 15. The van der Waals surface area contributed by atoms with Crippen molar-refractivity contribution in [3.05, 3.63) is 0 Å². The minimum Gasteiger partial charge on any atom is -0.394 e. The van der Waals surface area contributed by atoms with Crippen molar-refractivity contribution in [2.75, 3.05) is 32.8 Å². The van der Waals surface area contributed by atoms with Gasteiger partial charge in [-0.1, -0.05) is 0 Å². The molecular weight excluding hydrogens is 716 g/mol. The predicted octanol–water partition coefficient (Wildman–Crippen LogP) is -4.28. The third-order valence-corrected chi connectivity index (χ3v) is 10.4. The third-order valence-electron chi connectivity index (χ3n) is 7.61. The first-order chi connectivity index (χ1) is 20.5. The minimum atomic E-state index is -1.37. The topological polar surface area (TPSA) is 251 Å². The molecule has 0 radical (unpaired) electrons. The maximum Gasteiger partial charge on any atom is 0.173 e. The molecule has 2 fully saturated rings. The fourth-order valence-corrected chi connectivity index (χ4v) is 5.06. The third kappa shape index (κ3) is 14.7. The molecule has 0 spiro atoms. The van der Waals surface area contributed by atoms with Crippen molar-refractivity contribution in [2.45, 2.75) is 137 Å². The number of nitrogens with one attached hydrogen (secondary N) is 1. The number of rotatable bonds is 14. The molecule has 12 atom stereocenters. The molecule has 15 nitrogen and oxygen atoms in total. The van der Waals surface area contributed by atoms with Crippen LogP contribution in [-0.2, 0) is 14.3 Å². The minimum absolute atomic E-state index is 0.451. The average Bonchev–Trinajstić information content (AvgIpc) is 3.00. The number of aliphatic hydroxyl groups excluding tert-OH is 8. The van der Waals surface area contributed by atoms with E-state index in [0.717, 1.165) is 44.2 Å². The molecule has 2 rings (SSSR count). The Bertz CT molecular complexity index is 743. The van der Waals surface area contributed by atoms with Gasteiger partial charge in [-0.05, 0) is 0 Å². The molecule has 2 heterocycles. The molecule has 2 aliphatic rings. The summed E-state index contributed by atoms with van der Waals surface area (Å²) in [5.41, 5.74) is 6.91. The molecule has 0 aromatic heterocycles. The maximum atomic E-state index is 9.96. The van der Waals surface area contributed by atoms with E-state index in [0.29, 0.717) is 5.32 Å². The summed E-state index contributed by atoms with van der Waals surface area (Å²) in [5, 5.41) is 85.8. The summed E-state index contributed by atoms with van der Waals surface area (Å²) < 4.78 is 9.74. The van der Waals surface area contributed by atoms with Crippen molar-refractivity contribution in [3.63, 3.8) is 0 Å². The van der Waals surface area contributed by atoms with E-state index in [9.17, 15) is 30.6 Å². The molecule has 0 saturated carbocycles. The zero-order chi connectivity index (χ0) is 34.3. The first kappa shape index (κ1) is 44.4. The van der Waals surface area contributed by atoms with Crippen molar-refractivity contribution in [1.82, 2.24) is 10.4 Å². The number of nitrogens with zero attached hydrogens (tertiary/aromatic N) is 1. The summed E-state index contributed by atoms with van der Waals surface area (Å²) in [6.07, 6.45) is -7.23. The van der Waals surface area contributed by atoms with Crippen LogP contribution in [-0.4, -0.2) is 188 Å².